The van der Waals surface area contributed by atoms with Crippen molar-refractivity contribution in [1.82, 2.24) is 0 Å². The number of hydrogen-bond donors (Lipinski definition) is 3. The van der Waals surface area contributed by atoms with Crippen LogP contribution in [0.25, 0.3) is 0 Å². The van der Waals surface area contributed by atoms with Crippen molar-refractivity contribution >= 4 is 39.5 Å². The first-order valence-electron chi connectivity index (χ1n) is 49.2. The summed E-state index contributed by atoms with van der Waals surface area (Å²) < 4.78 is 69.2. The summed E-state index contributed by atoms with van der Waals surface area (Å²) in [5.74, 6) is -1.31. The van der Waals surface area contributed by atoms with E-state index in [1.165, 1.54) is 347 Å². The van der Waals surface area contributed by atoms with Gasteiger partial charge in [-0.15, -0.1) is 0 Å². The molecule has 0 aromatic heterocycles. The zero-order valence-electron chi connectivity index (χ0n) is 75.2. The van der Waals surface area contributed by atoms with E-state index in [1.807, 2.05) is 0 Å². The van der Waals surface area contributed by atoms with Gasteiger partial charge in [-0.3, -0.25) is 37.3 Å². The van der Waals surface area contributed by atoms with Crippen molar-refractivity contribution in [3.8, 4) is 0 Å². The number of unbranched alkanes of at least 4 members (excludes halogenated alkanes) is 66. The monoisotopic (exact) mass is 1660 g/mol. The molecule has 3 unspecified atom stereocenters. The second kappa shape index (κ2) is 87.4. The van der Waals surface area contributed by atoms with Gasteiger partial charge in [0, 0.05) is 25.7 Å². The summed E-state index contributed by atoms with van der Waals surface area (Å²) in [5.41, 5.74) is 0. The summed E-state index contributed by atoms with van der Waals surface area (Å²) in [4.78, 5) is 73.6. The topological polar surface area (TPSA) is 237 Å². The van der Waals surface area contributed by atoms with Gasteiger partial charge in [-0.1, -0.05) is 471 Å². The van der Waals surface area contributed by atoms with E-state index in [0.29, 0.717) is 25.7 Å². The molecule has 114 heavy (non-hydrogen) atoms. The zero-order chi connectivity index (χ0) is 83.3. The lowest BCUT2D eigenvalue weighted by molar-refractivity contribution is -0.161. The van der Waals surface area contributed by atoms with E-state index in [9.17, 15) is 43.2 Å². The molecule has 0 spiro atoms. The van der Waals surface area contributed by atoms with E-state index in [2.05, 4.69) is 34.6 Å². The van der Waals surface area contributed by atoms with Crippen LogP contribution >= 0.6 is 15.6 Å². The molecule has 0 radical (unpaired) electrons. The number of phosphoric acid groups is 2. The summed E-state index contributed by atoms with van der Waals surface area (Å²) in [6.45, 7) is 7.42. The number of rotatable bonds is 95. The van der Waals surface area contributed by atoms with Crippen LogP contribution in [0.3, 0.4) is 0 Å². The van der Waals surface area contributed by atoms with Gasteiger partial charge in [0.2, 0.25) is 0 Å². The number of carbonyl (C=O) groups excluding carboxylic acids is 4. The SMILES string of the molecule is CCCCCCCCCCCCCCCCCCCCCCCCC(=O)OC[C@H](COP(=O)(O)OC[C@@H](O)COP(=O)(O)OC[C@@H](COC(=O)CCCCCCCCCCC(C)CC)OC(=O)CCCCCCCCCCCCCCCCCCCC)OC(=O)CCCCCCCCCCCCCCCCCCCCCCCC. The van der Waals surface area contributed by atoms with Crippen molar-refractivity contribution in [2.24, 2.45) is 5.92 Å². The summed E-state index contributed by atoms with van der Waals surface area (Å²) in [6.07, 6.45) is 85.0. The number of ether oxygens (including phenoxy) is 4. The Morgan fingerprint density at radius 2 is 0.421 bits per heavy atom. The zero-order valence-corrected chi connectivity index (χ0v) is 77.0. The van der Waals surface area contributed by atoms with Gasteiger partial charge >= 0.3 is 39.5 Å². The average Bonchev–Trinajstić information content (AvgIpc) is 0.899. The maximum atomic E-state index is 13.2. The minimum atomic E-state index is -4.97. The van der Waals surface area contributed by atoms with E-state index >= 15 is 0 Å². The molecule has 0 fully saturated rings. The van der Waals surface area contributed by atoms with Gasteiger partial charge in [-0.2, -0.15) is 0 Å². The molecule has 0 bridgehead atoms. The normalized spacial score (nSPS) is 13.9. The Morgan fingerprint density at radius 3 is 0.623 bits per heavy atom. The lowest BCUT2D eigenvalue weighted by Gasteiger charge is -2.21. The predicted molar refractivity (Wildman–Crippen MR) is 474 cm³/mol. The summed E-state index contributed by atoms with van der Waals surface area (Å²) >= 11 is 0. The number of carbonyl (C=O) groups is 4. The highest BCUT2D eigenvalue weighted by molar-refractivity contribution is 7.47. The molecule has 0 aromatic carbocycles. The van der Waals surface area contributed by atoms with E-state index in [0.717, 1.165) is 95.8 Å². The molecule has 3 N–H and O–H groups in total. The molecule has 0 saturated heterocycles. The van der Waals surface area contributed by atoms with Crippen LogP contribution in [0, 0.1) is 5.92 Å². The molecule has 0 amide bonds. The minimum absolute atomic E-state index is 0.109. The van der Waals surface area contributed by atoms with Crippen LogP contribution in [0.15, 0.2) is 0 Å². The van der Waals surface area contributed by atoms with Gasteiger partial charge in [0.1, 0.15) is 19.3 Å². The molecule has 0 rings (SSSR count). The van der Waals surface area contributed by atoms with Gasteiger partial charge in [0.05, 0.1) is 26.4 Å². The molecule has 678 valence electrons. The highest BCUT2D eigenvalue weighted by Gasteiger charge is 2.31. The Kier molecular flexibility index (Phi) is 85.9. The maximum Gasteiger partial charge on any atom is 0.472 e. The second-order valence-electron chi connectivity index (χ2n) is 34.4. The highest BCUT2D eigenvalue weighted by Crippen LogP contribution is 2.45. The first kappa shape index (κ1) is 112. The third kappa shape index (κ3) is 86.4. The van der Waals surface area contributed by atoms with Crippen LogP contribution in [0.4, 0.5) is 0 Å². The summed E-state index contributed by atoms with van der Waals surface area (Å²) in [7, 11) is -9.94. The van der Waals surface area contributed by atoms with Crippen molar-refractivity contribution < 1.29 is 80.2 Å². The molecular formula is C95H186O17P2. The first-order chi connectivity index (χ1) is 55.6. The Bertz CT molecular complexity index is 2150. The van der Waals surface area contributed by atoms with Crippen LogP contribution < -0.4 is 0 Å². The van der Waals surface area contributed by atoms with Crippen LogP contribution in [0.1, 0.15) is 523 Å². The third-order valence-corrected chi connectivity index (χ3v) is 24.8. The van der Waals surface area contributed by atoms with Crippen LogP contribution in [-0.2, 0) is 65.4 Å². The molecule has 0 aromatic rings. The fourth-order valence-electron chi connectivity index (χ4n) is 15.0. The largest absolute Gasteiger partial charge is 0.472 e. The summed E-state index contributed by atoms with van der Waals surface area (Å²) in [5, 5.41) is 10.7. The standard InChI is InChI=1S/C95H186O17P2/c1-6-10-13-16-19-22-25-28-31-34-37-39-41-43-46-48-51-54-57-63-68-73-78-92(97)105-84-90(111-94(99)80-76-71-66-59-56-53-50-47-44-42-40-38-35-32-29-26-23-20-17-14-11-7-2)86-109-113(101,102)107-82-89(96)83-108-114(103,104)110-87-91(85-106-93(98)79-74-69-64-61-60-62-67-72-77-88(5)9-4)112-95(100)81-75-70-65-58-55-52-49-45-36-33-30-27-24-21-18-15-12-8-3/h88-91,96H,6-87H2,1-5H3,(H,101,102)(H,103,104)/t88?,89-,90-,91-/m1/s1. The molecular weight excluding hydrogens is 1470 g/mol. The van der Waals surface area contributed by atoms with Crippen LogP contribution in [0.5, 0.6) is 0 Å². The number of aliphatic hydroxyl groups excluding tert-OH is 1. The number of hydrogen-bond acceptors (Lipinski definition) is 15. The van der Waals surface area contributed by atoms with E-state index < -0.39 is 97.5 Å². The first-order valence-corrected chi connectivity index (χ1v) is 52.2. The average molecular weight is 1660 g/mol. The summed E-state index contributed by atoms with van der Waals surface area (Å²) in [6, 6.07) is 0. The predicted octanol–water partition coefficient (Wildman–Crippen LogP) is 29.9. The Balaban J connectivity index is 5.23. The third-order valence-electron chi connectivity index (χ3n) is 22.9. The van der Waals surface area contributed by atoms with E-state index in [-0.39, 0.29) is 25.7 Å². The smallest absolute Gasteiger partial charge is 0.462 e. The van der Waals surface area contributed by atoms with Crippen LogP contribution in [0.2, 0.25) is 0 Å². The lowest BCUT2D eigenvalue weighted by atomic mass is 9.99. The second-order valence-corrected chi connectivity index (χ2v) is 37.3. The molecule has 17 nitrogen and oxygen atoms in total. The fraction of sp³-hybridized carbons (Fsp3) is 0.958. The van der Waals surface area contributed by atoms with Crippen LogP contribution in [-0.4, -0.2) is 96.7 Å². The van der Waals surface area contributed by atoms with E-state index in [4.69, 9.17) is 37.0 Å². The van der Waals surface area contributed by atoms with Gasteiger partial charge in [0.15, 0.2) is 12.2 Å². The molecule has 0 aliphatic rings. The molecule has 0 aliphatic heterocycles. The van der Waals surface area contributed by atoms with Gasteiger partial charge in [0.25, 0.3) is 0 Å². The quantitative estimate of drug-likeness (QED) is 0.0222. The molecule has 19 heteroatoms. The number of esters is 4. The van der Waals surface area contributed by atoms with Crippen molar-refractivity contribution in [2.75, 3.05) is 39.6 Å². The van der Waals surface area contributed by atoms with Gasteiger partial charge in [-0.25, -0.2) is 9.13 Å². The Morgan fingerprint density at radius 1 is 0.246 bits per heavy atom. The highest BCUT2D eigenvalue weighted by atomic mass is 31.2. The number of phosphoric ester groups is 2. The van der Waals surface area contributed by atoms with Crippen molar-refractivity contribution in [2.45, 2.75) is 541 Å². The van der Waals surface area contributed by atoms with Gasteiger partial charge in [-0.05, 0) is 31.6 Å². The van der Waals surface area contributed by atoms with Crippen molar-refractivity contribution in [3.63, 3.8) is 0 Å². The Hall–Kier alpha value is -1.94. The Labute approximate surface area is 702 Å². The van der Waals surface area contributed by atoms with Gasteiger partial charge < -0.3 is 33.8 Å². The fourth-order valence-corrected chi connectivity index (χ4v) is 16.6. The minimum Gasteiger partial charge on any atom is -0.462 e. The molecule has 0 heterocycles. The lowest BCUT2D eigenvalue weighted by Crippen LogP contribution is -2.30. The molecule has 0 saturated carbocycles. The molecule has 0 aliphatic carbocycles. The number of aliphatic hydroxyl groups is 1. The maximum absolute atomic E-state index is 13.2. The van der Waals surface area contributed by atoms with Crippen molar-refractivity contribution in [1.29, 1.82) is 0 Å². The van der Waals surface area contributed by atoms with E-state index in [1.54, 1.807) is 0 Å². The molecule has 6 atom stereocenters. The van der Waals surface area contributed by atoms with Crippen molar-refractivity contribution in [3.05, 3.63) is 0 Å².